The van der Waals surface area contributed by atoms with E-state index in [1.54, 1.807) is 11.8 Å². The Hall–Kier alpha value is -1.44. The van der Waals surface area contributed by atoms with Crippen LogP contribution < -0.4 is 10.6 Å². The Morgan fingerprint density at radius 1 is 1.33 bits per heavy atom. The van der Waals surface area contributed by atoms with Crippen LogP contribution in [0.2, 0.25) is 0 Å². The fourth-order valence-corrected chi connectivity index (χ4v) is 2.14. The van der Waals surface area contributed by atoms with Gasteiger partial charge in [0.25, 0.3) is 0 Å². The lowest BCUT2D eigenvalue weighted by molar-refractivity contribution is -0.145. The number of nitrogens with one attached hydrogen (secondary N) is 2. The third-order valence-electron chi connectivity index (χ3n) is 2.79. The van der Waals surface area contributed by atoms with E-state index in [1.807, 2.05) is 6.26 Å². The van der Waals surface area contributed by atoms with Gasteiger partial charge in [0, 0.05) is 11.3 Å². The molecule has 2 amide bonds. The number of thioether (sulfide) groups is 1. The van der Waals surface area contributed by atoms with Crippen LogP contribution in [0.1, 0.15) is 19.3 Å². The van der Waals surface area contributed by atoms with Gasteiger partial charge in [-0.25, -0.2) is 9.59 Å². The van der Waals surface area contributed by atoms with Crippen LogP contribution in [0.25, 0.3) is 0 Å². The van der Waals surface area contributed by atoms with Gasteiger partial charge in [0.15, 0.2) is 0 Å². The molecule has 102 valence electrons. The Balaban J connectivity index is 2.36. The average molecular weight is 276 g/mol. The lowest BCUT2D eigenvalue weighted by Crippen LogP contribution is -2.48. The van der Waals surface area contributed by atoms with E-state index in [0.717, 1.165) is 12.8 Å². The molecule has 1 aliphatic rings. The molecule has 18 heavy (non-hydrogen) atoms. The fraction of sp³-hybridized carbons (Fsp3) is 0.700. The third kappa shape index (κ3) is 4.44. The van der Waals surface area contributed by atoms with Gasteiger partial charge in [-0.1, -0.05) is 0 Å². The summed E-state index contributed by atoms with van der Waals surface area (Å²) in [5.74, 6) is -2.64. The molecule has 4 N–H and O–H groups in total. The van der Waals surface area contributed by atoms with Crippen LogP contribution in [-0.4, -0.2) is 51.8 Å². The van der Waals surface area contributed by atoms with Gasteiger partial charge >= 0.3 is 18.0 Å². The first-order valence-electron chi connectivity index (χ1n) is 5.43. The second kappa shape index (κ2) is 5.94. The number of hydrogen-bond acceptors (Lipinski definition) is 4. The number of aliphatic carboxylic acids is 2. The van der Waals surface area contributed by atoms with Gasteiger partial charge in [-0.15, -0.1) is 0 Å². The summed E-state index contributed by atoms with van der Waals surface area (Å²) in [5, 5.41) is 22.0. The Morgan fingerprint density at radius 3 is 2.33 bits per heavy atom. The van der Waals surface area contributed by atoms with Gasteiger partial charge < -0.3 is 20.8 Å². The molecule has 1 atom stereocenters. The van der Waals surface area contributed by atoms with Gasteiger partial charge in [0.2, 0.25) is 0 Å². The van der Waals surface area contributed by atoms with Crippen LogP contribution in [0.15, 0.2) is 0 Å². The molecule has 1 rings (SSSR count). The molecule has 0 bridgehead atoms. The number of hydrogen-bond donors (Lipinski definition) is 4. The molecule has 0 radical (unpaired) electrons. The van der Waals surface area contributed by atoms with Gasteiger partial charge in [-0.05, 0) is 19.1 Å². The van der Waals surface area contributed by atoms with E-state index in [0.29, 0.717) is 6.54 Å². The van der Waals surface area contributed by atoms with Crippen molar-refractivity contribution in [2.45, 2.75) is 30.1 Å². The molecule has 0 aromatic carbocycles. The zero-order valence-corrected chi connectivity index (χ0v) is 10.7. The second-order valence-electron chi connectivity index (χ2n) is 4.20. The van der Waals surface area contributed by atoms with Crippen molar-refractivity contribution < 1.29 is 24.6 Å². The van der Waals surface area contributed by atoms with Gasteiger partial charge in [-0.3, -0.25) is 4.79 Å². The molecule has 1 aliphatic carbocycles. The van der Waals surface area contributed by atoms with E-state index < -0.39 is 30.4 Å². The number of amides is 2. The van der Waals surface area contributed by atoms with Crippen LogP contribution >= 0.6 is 11.8 Å². The molecular weight excluding hydrogens is 260 g/mol. The molecule has 1 unspecified atom stereocenters. The first kappa shape index (κ1) is 14.6. The quantitative estimate of drug-likeness (QED) is 0.524. The minimum absolute atomic E-state index is 0.0723. The normalized spacial score (nSPS) is 17.6. The summed E-state index contributed by atoms with van der Waals surface area (Å²) in [6, 6.07) is -2.06. The fourth-order valence-electron chi connectivity index (χ4n) is 1.42. The predicted molar refractivity (Wildman–Crippen MR) is 65.7 cm³/mol. The molecule has 0 aromatic rings. The van der Waals surface area contributed by atoms with E-state index in [1.165, 1.54) is 0 Å². The van der Waals surface area contributed by atoms with Crippen LogP contribution in [0.3, 0.4) is 0 Å². The highest BCUT2D eigenvalue weighted by Gasteiger charge is 2.42. The van der Waals surface area contributed by atoms with Crippen LogP contribution in [0, 0.1) is 0 Å². The summed E-state index contributed by atoms with van der Waals surface area (Å²) < 4.78 is 0.0723. The molecule has 1 fully saturated rings. The average Bonchev–Trinajstić information content (AvgIpc) is 3.05. The van der Waals surface area contributed by atoms with E-state index >= 15 is 0 Å². The van der Waals surface area contributed by atoms with Crippen molar-refractivity contribution in [2.24, 2.45) is 0 Å². The lowest BCUT2D eigenvalue weighted by Gasteiger charge is -2.16. The second-order valence-corrected chi connectivity index (χ2v) is 5.48. The smallest absolute Gasteiger partial charge is 0.326 e. The van der Waals surface area contributed by atoms with Crippen LogP contribution in [0.4, 0.5) is 4.79 Å². The van der Waals surface area contributed by atoms with Gasteiger partial charge in [0.1, 0.15) is 6.04 Å². The molecule has 0 aromatic heterocycles. The molecule has 0 heterocycles. The zero-order valence-electron chi connectivity index (χ0n) is 9.93. The molecule has 0 aliphatic heterocycles. The van der Waals surface area contributed by atoms with E-state index in [9.17, 15) is 14.4 Å². The van der Waals surface area contributed by atoms with Crippen molar-refractivity contribution >= 4 is 29.7 Å². The Kier molecular flexibility index (Phi) is 4.83. The summed E-state index contributed by atoms with van der Waals surface area (Å²) in [4.78, 5) is 32.6. The highest BCUT2D eigenvalue weighted by molar-refractivity contribution is 8.00. The molecular formula is C10H16N2O5S. The number of urea groups is 1. The summed E-state index contributed by atoms with van der Waals surface area (Å²) in [6.07, 6.45) is 3.35. The maximum atomic E-state index is 11.4. The minimum Gasteiger partial charge on any atom is -0.481 e. The summed E-state index contributed by atoms with van der Waals surface area (Å²) in [6.45, 7) is 0.458. The predicted octanol–water partition coefficient (Wildman–Crippen LogP) is 0.109. The van der Waals surface area contributed by atoms with Crippen molar-refractivity contribution in [1.29, 1.82) is 0 Å². The van der Waals surface area contributed by atoms with Crippen molar-refractivity contribution in [3.8, 4) is 0 Å². The van der Waals surface area contributed by atoms with Gasteiger partial charge in [0.05, 0.1) is 6.42 Å². The van der Waals surface area contributed by atoms with E-state index in [2.05, 4.69) is 10.6 Å². The third-order valence-corrected chi connectivity index (χ3v) is 4.21. The largest absolute Gasteiger partial charge is 0.481 e. The zero-order chi connectivity index (χ0) is 13.8. The highest BCUT2D eigenvalue weighted by Crippen LogP contribution is 2.46. The monoisotopic (exact) mass is 276 g/mol. The number of carboxylic acids is 2. The number of rotatable bonds is 7. The Morgan fingerprint density at radius 2 is 1.94 bits per heavy atom. The Bertz CT molecular complexity index is 356. The molecule has 8 heteroatoms. The maximum Gasteiger partial charge on any atom is 0.326 e. The Labute approximate surface area is 108 Å². The van der Waals surface area contributed by atoms with Crippen LogP contribution in [0.5, 0.6) is 0 Å². The summed E-state index contributed by atoms with van der Waals surface area (Å²) >= 11 is 1.66. The van der Waals surface area contributed by atoms with Crippen molar-refractivity contribution in [2.75, 3.05) is 12.8 Å². The van der Waals surface area contributed by atoms with E-state index in [4.69, 9.17) is 10.2 Å². The first-order chi connectivity index (χ1) is 8.38. The molecule has 0 saturated heterocycles. The topological polar surface area (TPSA) is 116 Å². The maximum absolute atomic E-state index is 11.4. The molecule has 7 nitrogen and oxygen atoms in total. The number of carboxylic acid groups (broad SMARTS) is 2. The lowest BCUT2D eigenvalue weighted by atomic mass is 10.2. The standard InChI is InChI=1S/C10H16N2O5S/c1-18-10(2-3-10)5-11-9(17)12-6(8(15)16)4-7(13)14/h6H,2-5H2,1H3,(H,13,14)(H,15,16)(H2,11,12,17). The number of carbonyl (C=O) groups is 3. The number of carbonyl (C=O) groups excluding carboxylic acids is 1. The van der Waals surface area contributed by atoms with Crippen LogP contribution in [-0.2, 0) is 9.59 Å². The minimum atomic E-state index is -1.41. The highest BCUT2D eigenvalue weighted by atomic mass is 32.2. The molecule has 1 saturated carbocycles. The summed E-state index contributed by atoms with van der Waals surface area (Å²) in [7, 11) is 0. The van der Waals surface area contributed by atoms with E-state index in [-0.39, 0.29) is 4.75 Å². The van der Waals surface area contributed by atoms with Crippen molar-refractivity contribution in [3.05, 3.63) is 0 Å². The SMILES string of the molecule is CSC1(CNC(=O)NC(CC(=O)O)C(=O)O)CC1. The molecule has 0 spiro atoms. The summed E-state index contributed by atoms with van der Waals surface area (Å²) in [5.41, 5.74) is 0. The van der Waals surface area contributed by atoms with Crippen molar-refractivity contribution in [3.63, 3.8) is 0 Å². The first-order valence-corrected chi connectivity index (χ1v) is 6.65. The van der Waals surface area contributed by atoms with Crippen molar-refractivity contribution in [1.82, 2.24) is 10.6 Å². The van der Waals surface area contributed by atoms with Gasteiger partial charge in [-0.2, -0.15) is 11.8 Å².